The zero-order valence-electron chi connectivity index (χ0n) is 10.7. The normalized spacial score (nSPS) is 9.68. The highest BCUT2D eigenvalue weighted by atomic mass is 16.1. The van der Waals surface area contributed by atoms with E-state index in [0.29, 0.717) is 5.69 Å². The van der Waals surface area contributed by atoms with Crippen molar-refractivity contribution < 1.29 is 4.79 Å². The Kier molecular flexibility index (Phi) is 3.94. The van der Waals surface area contributed by atoms with Crippen LogP contribution in [0.3, 0.4) is 0 Å². The van der Waals surface area contributed by atoms with Crippen molar-refractivity contribution in [2.24, 2.45) is 0 Å². The average Bonchev–Trinajstić information content (AvgIpc) is 2.40. The predicted molar refractivity (Wildman–Crippen MR) is 75.5 cm³/mol. The van der Waals surface area contributed by atoms with Gasteiger partial charge in [0.25, 0.3) is 0 Å². The number of hydrogen-bond acceptors (Lipinski definition) is 2. The molecular formula is C16H14N2O. The molecule has 0 aliphatic heterocycles. The molecule has 94 valence electrons. The highest BCUT2D eigenvalue weighted by Gasteiger charge is 2.02. The van der Waals surface area contributed by atoms with Crippen LogP contribution in [0.2, 0.25) is 0 Å². The Bertz CT molecular complexity index is 624. The Balaban J connectivity index is 2.15. The topological polar surface area (TPSA) is 52.9 Å². The van der Waals surface area contributed by atoms with E-state index in [2.05, 4.69) is 30.4 Å². The zero-order valence-corrected chi connectivity index (χ0v) is 10.7. The van der Waals surface area contributed by atoms with Gasteiger partial charge >= 0.3 is 0 Å². The Morgan fingerprint density at radius 1 is 1.16 bits per heavy atom. The van der Waals surface area contributed by atoms with Crippen LogP contribution in [0.5, 0.6) is 0 Å². The molecule has 1 amide bonds. The summed E-state index contributed by atoms with van der Waals surface area (Å²) in [5, 5.41) is 11.1. The number of benzene rings is 2. The Labute approximate surface area is 112 Å². The number of carbonyl (C=O) groups excluding carboxylic acids is 1. The lowest BCUT2D eigenvalue weighted by Crippen LogP contribution is -2.09. The molecule has 0 radical (unpaired) electrons. The van der Waals surface area contributed by atoms with Crippen molar-refractivity contribution in [1.29, 1.82) is 5.26 Å². The summed E-state index contributed by atoms with van der Waals surface area (Å²) in [7, 11) is 0. The van der Waals surface area contributed by atoms with Gasteiger partial charge in [0.2, 0.25) is 5.91 Å². The molecule has 0 aromatic heterocycles. The summed E-state index contributed by atoms with van der Waals surface area (Å²) in [6.45, 7) is 2.06. The molecule has 3 nitrogen and oxygen atoms in total. The van der Waals surface area contributed by atoms with Gasteiger partial charge in [0.1, 0.15) is 6.42 Å². The minimum absolute atomic E-state index is 0.125. The number of hydrogen-bond donors (Lipinski definition) is 1. The molecule has 19 heavy (non-hydrogen) atoms. The number of aryl methyl sites for hydroxylation is 1. The van der Waals surface area contributed by atoms with E-state index in [1.165, 1.54) is 5.56 Å². The second-order valence-corrected chi connectivity index (χ2v) is 4.33. The first-order valence-electron chi connectivity index (χ1n) is 6.03. The number of rotatable bonds is 3. The SMILES string of the molecule is Cc1cccc(-c2ccc(NC(=O)CC#N)cc2)c1. The van der Waals surface area contributed by atoms with Gasteiger partial charge in [-0.05, 0) is 30.2 Å². The fourth-order valence-electron chi connectivity index (χ4n) is 1.85. The monoisotopic (exact) mass is 250 g/mol. The molecule has 0 unspecified atom stereocenters. The first-order valence-corrected chi connectivity index (χ1v) is 6.03. The molecule has 0 atom stereocenters. The van der Waals surface area contributed by atoms with Gasteiger partial charge < -0.3 is 5.32 Å². The third-order valence-electron chi connectivity index (χ3n) is 2.76. The van der Waals surface area contributed by atoms with Crippen molar-refractivity contribution >= 4 is 11.6 Å². The van der Waals surface area contributed by atoms with Gasteiger partial charge in [-0.2, -0.15) is 5.26 Å². The summed E-state index contributed by atoms with van der Waals surface area (Å²) in [6, 6.07) is 17.7. The number of anilines is 1. The minimum Gasteiger partial charge on any atom is -0.325 e. The number of nitrogens with zero attached hydrogens (tertiary/aromatic N) is 1. The van der Waals surface area contributed by atoms with Crippen LogP contribution in [0.15, 0.2) is 48.5 Å². The van der Waals surface area contributed by atoms with Crippen molar-refractivity contribution in [2.45, 2.75) is 13.3 Å². The lowest BCUT2D eigenvalue weighted by molar-refractivity contribution is -0.115. The van der Waals surface area contributed by atoms with Crippen molar-refractivity contribution in [3.8, 4) is 17.2 Å². The predicted octanol–water partition coefficient (Wildman–Crippen LogP) is 3.51. The number of nitriles is 1. The molecule has 0 heterocycles. The summed E-state index contributed by atoms with van der Waals surface area (Å²) in [4.78, 5) is 11.3. The molecule has 0 fully saturated rings. The van der Waals surface area contributed by atoms with E-state index in [1.54, 1.807) is 0 Å². The molecule has 0 bridgehead atoms. The van der Waals surface area contributed by atoms with Crippen molar-refractivity contribution in [1.82, 2.24) is 0 Å². The van der Waals surface area contributed by atoms with Crippen LogP contribution in [0.1, 0.15) is 12.0 Å². The largest absolute Gasteiger partial charge is 0.325 e. The van der Waals surface area contributed by atoms with Crippen LogP contribution in [0.25, 0.3) is 11.1 Å². The first-order chi connectivity index (χ1) is 9.19. The lowest BCUT2D eigenvalue weighted by Gasteiger charge is -2.06. The standard InChI is InChI=1S/C16H14N2O/c1-12-3-2-4-14(11-12)13-5-7-15(8-6-13)18-16(19)9-10-17/h2-8,11H,9H2,1H3,(H,18,19). The number of nitrogens with one attached hydrogen (secondary N) is 1. The van der Waals surface area contributed by atoms with E-state index in [-0.39, 0.29) is 12.3 Å². The minimum atomic E-state index is -0.286. The molecule has 0 saturated heterocycles. The van der Waals surface area contributed by atoms with Crippen molar-refractivity contribution in [2.75, 3.05) is 5.32 Å². The number of carbonyl (C=O) groups is 1. The van der Waals surface area contributed by atoms with E-state index in [4.69, 9.17) is 5.26 Å². The van der Waals surface area contributed by atoms with E-state index in [9.17, 15) is 4.79 Å². The van der Waals surface area contributed by atoms with Crippen LogP contribution < -0.4 is 5.32 Å². The summed E-state index contributed by atoms with van der Waals surface area (Å²) in [5.41, 5.74) is 4.16. The molecule has 0 aliphatic carbocycles. The third-order valence-corrected chi connectivity index (χ3v) is 2.76. The van der Waals surface area contributed by atoms with E-state index >= 15 is 0 Å². The molecule has 2 aromatic rings. The van der Waals surface area contributed by atoms with Gasteiger partial charge in [-0.25, -0.2) is 0 Å². The molecule has 0 spiro atoms. The van der Waals surface area contributed by atoms with E-state index < -0.39 is 0 Å². The lowest BCUT2D eigenvalue weighted by atomic mass is 10.0. The van der Waals surface area contributed by atoms with Crippen LogP contribution in [-0.4, -0.2) is 5.91 Å². The Morgan fingerprint density at radius 3 is 2.53 bits per heavy atom. The molecule has 0 saturated carbocycles. The van der Waals surface area contributed by atoms with E-state index in [1.807, 2.05) is 36.4 Å². The highest BCUT2D eigenvalue weighted by molar-refractivity contribution is 5.92. The molecule has 0 aliphatic rings. The number of amides is 1. The summed E-state index contributed by atoms with van der Waals surface area (Å²) < 4.78 is 0. The second kappa shape index (κ2) is 5.83. The van der Waals surface area contributed by atoms with Gasteiger partial charge in [0.05, 0.1) is 6.07 Å². The maximum Gasteiger partial charge on any atom is 0.238 e. The van der Waals surface area contributed by atoms with Crippen molar-refractivity contribution in [3.05, 3.63) is 54.1 Å². The van der Waals surface area contributed by atoms with Crippen LogP contribution >= 0.6 is 0 Å². The molecule has 2 rings (SSSR count). The fourth-order valence-corrected chi connectivity index (χ4v) is 1.85. The van der Waals surface area contributed by atoms with Crippen molar-refractivity contribution in [3.63, 3.8) is 0 Å². The summed E-state index contributed by atoms with van der Waals surface area (Å²) in [5.74, 6) is -0.286. The molecule has 1 N–H and O–H groups in total. The molecule has 3 heteroatoms. The smallest absolute Gasteiger partial charge is 0.238 e. The highest BCUT2D eigenvalue weighted by Crippen LogP contribution is 2.22. The Hall–Kier alpha value is -2.60. The fraction of sp³-hybridized carbons (Fsp3) is 0.125. The van der Waals surface area contributed by atoms with Gasteiger partial charge in [0.15, 0.2) is 0 Å². The van der Waals surface area contributed by atoms with E-state index in [0.717, 1.165) is 11.1 Å². The molecule has 2 aromatic carbocycles. The Morgan fingerprint density at radius 2 is 1.89 bits per heavy atom. The summed E-state index contributed by atoms with van der Waals surface area (Å²) in [6.07, 6.45) is -0.125. The van der Waals surface area contributed by atoms with Gasteiger partial charge in [-0.15, -0.1) is 0 Å². The van der Waals surface area contributed by atoms with Gasteiger partial charge in [-0.1, -0.05) is 42.0 Å². The van der Waals surface area contributed by atoms with Crippen LogP contribution in [0.4, 0.5) is 5.69 Å². The second-order valence-electron chi connectivity index (χ2n) is 4.33. The quantitative estimate of drug-likeness (QED) is 0.906. The maximum absolute atomic E-state index is 11.3. The zero-order chi connectivity index (χ0) is 13.7. The van der Waals surface area contributed by atoms with Crippen LogP contribution in [-0.2, 0) is 4.79 Å². The summed E-state index contributed by atoms with van der Waals surface area (Å²) >= 11 is 0. The molecular weight excluding hydrogens is 236 g/mol. The first kappa shape index (κ1) is 12.8. The van der Waals surface area contributed by atoms with Crippen LogP contribution in [0, 0.1) is 18.3 Å². The van der Waals surface area contributed by atoms with Gasteiger partial charge in [0, 0.05) is 5.69 Å². The third kappa shape index (κ3) is 3.43. The maximum atomic E-state index is 11.3. The average molecular weight is 250 g/mol. The van der Waals surface area contributed by atoms with Gasteiger partial charge in [-0.3, -0.25) is 4.79 Å².